The molecule has 1 amide bonds. The Bertz CT molecular complexity index is 423. The number of amides is 1. The van der Waals surface area contributed by atoms with Crippen LogP contribution in [-0.2, 0) is 11.3 Å². The van der Waals surface area contributed by atoms with Gasteiger partial charge in [-0.05, 0) is 37.2 Å². The second-order valence-corrected chi connectivity index (χ2v) is 4.95. The lowest BCUT2D eigenvalue weighted by Crippen LogP contribution is -2.36. The molecule has 0 aliphatic rings. The summed E-state index contributed by atoms with van der Waals surface area (Å²) in [6.07, 6.45) is 0.946. The van der Waals surface area contributed by atoms with Crippen molar-refractivity contribution < 1.29 is 4.79 Å². The lowest BCUT2D eigenvalue weighted by molar-refractivity contribution is -0.119. The second-order valence-electron chi connectivity index (χ2n) is 4.51. The van der Waals surface area contributed by atoms with Crippen LogP contribution in [0.1, 0.15) is 18.9 Å². The van der Waals surface area contributed by atoms with Gasteiger partial charge >= 0.3 is 0 Å². The summed E-state index contributed by atoms with van der Waals surface area (Å²) in [5, 5.41) is 6.69. The molecule has 0 aromatic heterocycles. The van der Waals surface area contributed by atoms with Crippen LogP contribution in [-0.4, -0.2) is 33.1 Å². The molecule has 1 aromatic carbocycles. The van der Waals surface area contributed by atoms with Gasteiger partial charge < -0.3 is 15.5 Å². The van der Waals surface area contributed by atoms with Gasteiger partial charge in [0.25, 0.3) is 0 Å². The van der Waals surface area contributed by atoms with Gasteiger partial charge in [0, 0.05) is 30.8 Å². The number of benzene rings is 1. The maximum absolute atomic E-state index is 11.7. The summed E-state index contributed by atoms with van der Waals surface area (Å²) in [4.78, 5) is 13.7. The molecule has 0 heterocycles. The normalized spacial score (nSPS) is 10.3. The van der Waals surface area contributed by atoms with Crippen molar-refractivity contribution in [3.63, 3.8) is 0 Å². The van der Waals surface area contributed by atoms with E-state index in [1.165, 1.54) is 0 Å². The van der Waals surface area contributed by atoms with Gasteiger partial charge in [-0.25, -0.2) is 0 Å². The Kier molecular flexibility index (Phi) is 6.67. The molecule has 0 atom stereocenters. The van der Waals surface area contributed by atoms with Gasteiger partial charge in [-0.3, -0.25) is 4.79 Å². The first-order chi connectivity index (χ1) is 9.08. The van der Waals surface area contributed by atoms with Crippen molar-refractivity contribution in [1.29, 1.82) is 0 Å². The van der Waals surface area contributed by atoms with Crippen molar-refractivity contribution in [1.82, 2.24) is 10.6 Å². The van der Waals surface area contributed by atoms with Crippen molar-refractivity contribution in [2.24, 2.45) is 0 Å². The fourth-order valence-corrected chi connectivity index (χ4v) is 2.07. The minimum atomic E-state index is 0.0368. The van der Waals surface area contributed by atoms with E-state index in [-0.39, 0.29) is 5.91 Å². The second kappa shape index (κ2) is 8.02. The predicted molar refractivity (Wildman–Crippen MR) is 80.8 cm³/mol. The van der Waals surface area contributed by atoms with Gasteiger partial charge in [0.05, 0.1) is 6.54 Å². The molecule has 0 aliphatic heterocycles. The lowest BCUT2D eigenvalue weighted by Gasteiger charge is -2.22. The van der Waals surface area contributed by atoms with E-state index in [2.05, 4.69) is 10.6 Å². The Morgan fingerprint density at radius 2 is 2.16 bits per heavy atom. The number of likely N-dealkylation sites (N-methyl/N-ethyl adjacent to an activating group) is 1. The zero-order valence-electron chi connectivity index (χ0n) is 11.8. The van der Waals surface area contributed by atoms with Crippen LogP contribution in [0.15, 0.2) is 18.2 Å². The molecule has 0 bridgehead atoms. The molecular weight excluding hydrogens is 262 g/mol. The maximum atomic E-state index is 11.7. The number of nitrogens with zero attached hydrogens (tertiary/aromatic N) is 1. The van der Waals surface area contributed by atoms with E-state index in [1.807, 2.05) is 44.1 Å². The number of nitrogens with one attached hydrogen (secondary N) is 2. The molecule has 0 saturated carbocycles. The smallest absolute Gasteiger partial charge is 0.239 e. The van der Waals surface area contributed by atoms with E-state index in [4.69, 9.17) is 11.6 Å². The topological polar surface area (TPSA) is 44.4 Å². The van der Waals surface area contributed by atoms with Crippen molar-refractivity contribution in [3.8, 4) is 0 Å². The molecule has 1 rings (SSSR count). The molecule has 0 aliphatic carbocycles. The minimum Gasteiger partial charge on any atom is -0.365 e. The van der Waals surface area contributed by atoms with Crippen molar-refractivity contribution in [2.45, 2.75) is 19.9 Å². The molecule has 19 heavy (non-hydrogen) atoms. The Labute approximate surface area is 120 Å². The zero-order chi connectivity index (χ0) is 14.3. The molecule has 0 saturated heterocycles. The van der Waals surface area contributed by atoms with Gasteiger partial charge in [0.15, 0.2) is 0 Å². The van der Waals surface area contributed by atoms with Crippen molar-refractivity contribution in [3.05, 3.63) is 28.8 Å². The molecule has 1 aromatic rings. The highest BCUT2D eigenvalue weighted by Gasteiger charge is 2.11. The number of carbonyl (C=O) groups is 1. The maximum Gasteiger partial charge on any atom is 0.239 e. The number of anilines is 1. The molecule has 0 fully saturated rings. The average Bonchev–Trinajstić information content (AvgIpc) is 2.36. The van der Waals surface area contributed by atoms with E-state index < -0.39 is 0 Å². The summed E-state index contributed by atoms with van der Waals surface area (Å²) in [5.74, 6) is 0.0368. The van der Waals surface area contributed by atoms with Crippen LogP contribution in [0.2, 0.25) is 5.02 Å². The van der Waals surface area contributed by atoms with E-state index in [0.29, 0.717) is 11.6 Å². The van der Waals surface area contributed by atoms with Crippen molar-refractivity contribution >= 4 is 23.2 Å². The van der Waals surface area contributed by atoms with Crippen LogP contribution in [0.4, 0.5) is 5.69 Å². The number of halogens is 1. The molecular formula is C14H22ClN3O. The average molecular weight is 284 g/mol. The fourth-order valence-electron chi connectivity index (χ4n) is 1.88. The minimum absolute atomic E-state index is 0.0368. The monoisotopic (exact) mass is 283 g/mol. The third-order valence-electron chi connectivity index (χ3n) is 2.77. The molecule has 0 unspecified atom stereocenters. The lowest BCUT2D eigenvalue weighted by atomic mass is 10.1. The van der Waals surface area contributed by atoms with E-state index in [0.717, 1.165) is 30.8 Å². The van der Waals surface area contributed by atoms with E-state index in [1.54, 1.807) is 0 Å². The van der Waals surface area contributed by atoms with Gasteiger partial charge in [-0.2, -0.15) is 0 Å². The van der Waals surface area contributed by atoms with Gasteiger partial charge in [0.1, 0.15) is 0 Å². The third-order valence-corrected chi connectivity index (χ3v) is 3.01. The Hall–Kier alpha value is -1.26. The highest BCUT2D eigenvalue weighted by molar-refractivity contribution is 6.30. The first-order valence-corrected chi connectivity index (χ1v) is 6.87. The van der Waals surface area contributed by atoms with Crippen LogP contribution in [0.25, 0.3) is 0 Å². The fraction of sp³-hybridized carbons (Fsp3) is 0.500. The Morgan fingerprint density at radius 3 is 2.79 bits per heavy atom. The molecule has 0 spiro atoms. The first-order valence-electron chi connectivity index (χ1n) is 6.49. The number of hydrogen-bond donors (Lipinski definition) is 2. The summed E-state index contributed by atoms with van der Waals surface area (Å²) in [7, 11) is 3.80. The predicted octanol–water partition coefficient (Wildman–Crippen LogP) is 2.02. The Morgan fingerprint density at radius 1 is 1.42 bits per heavy atom. The highest BCUT2D eigenvalue weighted by Crippen LogP contribution is 2.23. The number of hydrogen-bond acceptors (Lipinski definition) is 3. The van der Waals surface area contributed by atoms with Crippen LogP contribution in [0.5, 0.6) is 0 Å². The highest BCUT2D eigenvalue weighted by atomic mass is 35.5. The quantitative estimate of drug-likeness (QED) is 0.805. The van der Waals surface area contributed by atoms with Gasteiger partial charge in [-0.15, -0.1) is 0 Å². The summed E-state index contributed by atoms with van der Waals surface area (Å²) in [6, 6.07) is 5.71. The van der Waals surface area contributed by atoms with E-state index >= 15 is 0 Å². The summed E-state index contributed by atoms with van der Waals surface area (Å²) < 4.78 is 0. The van der Waals surface area contributed by atoms with Crippen LogP contribution in [0.3, 0.4) is 0 Å². The SMILES string of the molecule is CCCNC(=O)CN(C)c1ccc(Cl)cc1CNC. The summed E-state index contributed by atoms with van der Waals surface area (Å²) in [5.41, 5.74) is 2.10. The summed E-state index contributed by atoms with van der Waals surface area (Å²) >= 11 is 6.01. The summed E-state index contributed by atoms with van der Waals surface area (Å²) in [6.45, 7) is 3.82. The van der Waals surface area contributed by atoms with Crippen LogP contribution >= 0.6 is 11.6 Å². The number of carbonyl (C=O) groups excluding carboxylic acids is 1. The zero-order valence-corrected chi connectivity index (χ0v) is 12.5. The molecule has 2 N–H and O–H groups in total. The molecule has 106 valence electrons. The Balaban J connectivity index is 2.75. The van der Waals surface area contributed by atoms with Crippen molar-refractivity contribution in [2.75, 3.05) is 32.1 Å². The molecule has 0 radical (unpaired) electrons. The largest absolute Gasteiger partial charge is 0.365 e. The molecule has 4 nitrogen and oxygen atoms in total. The third kappa shape index (κ3) is 5.09. The first kappa shape index (κ1) is 15.8. The van der Waals surface area contributed by atoms with Crippen LogP contribution in [0, 0.1) is 0 Å². The van der Waals surface area contributed by atoms with Crippen LogP contribution < -0.4 is 15.5 Å². The van der Waals surface area contributed by atoms with Gasteiger partial charge in [-0.1, -0.05) is 18.5 Å². The number of rotatable bonds is 7. The molecule has 5 heteroatoms. The van der Waals surface area contributed by atoms with Gasteiger partial charge in [0.2, 0.25) is 5.91 Å². The van der Waals surface area contributed by atoms with E-state index in [9.17, 15) is 4.79 Å². The standard InChI is InChI=1S/C14H22ClN3O/c1-4-7-17-14(19)10-18(3)13-6-5-12(15)8-11(13)9-16-2/h5-6,8,16H,4,7,9-10H2,1-3H3,(H,17,19).